The molecule has 0 saturated heterocycles. The molecule has 0 aliphatic heterocycles. The summed E-state index contributed by atoms with van der Waals surface area (Å²) in [5, 5.41) is 0. The lowest BCUT2D eigenvalue weighted by Gasteiger charge is -2.05. The highest BCUT2D eigenvalue weighted by atomic mass is 14.0. The highest BCUT2D eigenvalue weighted by molar-refractivity contribution is 5.03. The molecule has 0 radical (unpaired) electrons. The molecule has 0 heteroatoms. The van der Waals surface area contributed by atoms with E-state index in [1.54, 1.807) is 0 Å². The van der Waals surface area contributed by atoms with Gasteiger partial charge in [-0.3, -0.25) is 0 Å². The monoisotopic (exact) mass is 150 g/mol. The molecule has 0 nitrogen and oxygen atoms in total. The van der Waals surface area contributed by atoms with Crippen LogP contribution in [0.3, 0.4) is 0 Å². The van der Waals surface area contributed by atoms with Gasteiger partial charge in [0.25, 0.3) is 0 Å². The molecule has 0 aromatic carbocycles. The summed E-state index contributed by atoms with van der Waals surface area (Å²) in [6.07, 6.45) is 8.24. The van der Waals surface area contributed by atoms with Gasteiger partial charge < -0.3 is 0 Å². The van der Waals surface area contributed by atoms with Crippen molar-refractivity contribution >= 4 is 0 Å². The van der Waals surface area contributed by atoms with Crippen LogP contribution in [0.4, 0.5) is 0 Å². The third-order valence-corrected chi connectivity index (χ3v) is 1.66. The second kappa shape index (κ2) is 5.96. The van der Waals surface area contributed by atoms with Gasteiger partial charge in [-0.05, 0) is 25.7 Å². The van der Waals surface area contributed by atoms with E-state index in [4.69, 9.17) is 0 Å². The first-order valence-electron chi connectivity index (χ1n) is 4.11. The van der Waals surface area contributed by atoms with E-state index in [2.05, 4.69) is 32.2 Å². The Morgan fingerprint density at radius 3 is 2.64 bits per heavy atom. The normalized spacial score (nSPS) is 13.3. The first kappa shape index (κ1) is 10.2. The molecule has 0 fully saturated rings. The number of hydrogen-bond donors (Lipinski definition) is 0. The molecule has 0 aromatic heterocycles. The molecule has 0 aromatic rings. The van der Waals surface area contributed by atoms with Crippen LogP contribution in [-0.4, -0.2) is 0 Å². The van der Waals surface area contributed by atoms with Crippen LogP contribution in [0.1, 0.15) is 26.7 Å². The third-order valence-electron chi connectivity index (χ3n) is 1.66. The molecule has 1 atom stereocenters. The zero-order valence-electron chi connectivity index (χ0n) is 7.64. The van der Waals surface area contributed by atoms with Crippen LogP contribution in [-0.2, 0) is 0 Å². The van der Waals surface area contributed by atoms with Crippen molar-refractivity contribution in [2.45, 2.75) is 26.7 Å². The van der Waals surface area contributed by atoms with Gasteiger partial charge in [0.1, 0.15) is 0 Å². The Morgan fingerprint density at radius 1 is 1.55 bits per heavy atom. The first-order chi connectivity index (χ1) is 5.20. The van der Waals surface area contributed by atoms with Gasteiger partial charge >= 0.3 is 0 Å². The smallest absolute Gasteiger partial charge is 0.0141 e. The van der Waals surface area contributed by atoms with Crippen molar-refractivity contribution in [3.63, 3.8) is 0 Å². The minimum Gasteiger partial charge on any atom is -0.103 e. The van der Waals surface area contributed by atoms with Gasteiger partial charge in [-0.15, -0.1) is 6.58 Å². The molecular formula is C11H18. The van der Waals surface area contributed by atoms with E-state index < -0.39 is 0 Å². The maximum atomic E-state index is 3.98. The topological polar surface area (TPSA) is 0 Å². The van der Waals surface area contributed by atoms with Gasteiger partial charge in [-0.25, -0.2) is 0 Å². The molecule has 0 aliphatic rings. The van der Waals surface area contributed by atoms with Crippen molar-refractivity contribution < 1.29 is 0 Å². The maximum Gasteiger partial charge on any atom is -0.0141 e. The summed E-state index contributed by atoms with van der Waals surface area (Å²) in [4.78, 5) is 0. The summed E-state index contributed by atoms with van der Waals surface area (Å²) in [5.41, 5.74) is 1.29. The van der Waals surface area contributed by atoms with Crippen LogP contribution in [0.5, 0.6) is 0 Å². The Kier molecular flexibility index (Phi) is 5.54. The molecule has 0 aliphatic carbocycles. The molecule has 11 heavy (non-hydrogen) atoms. The average molecular weight is 150 g/mol. The Morgan fingerprint density at radius 2 is 2.18 bits per heavy atom. The zero-order chi connectivity index (χ0) is 8.69. The molecule has 0 saturated carbocycles. The highest BCUT2D eigenvalue weighted by Crippen LogP contribution is 2.13. The van der Waals surface area contributed by atoms with E-state index in [1.165, 1.54) is 5.57 Å². The van der Waals surface area contributed by atoms with E-state index in [1.807, 2.05) is 13.0 Å². The fourth-order valence-corrected chi connectivity index (χ4v) is 0.907. The van der Waals surface area contributed by atoms with Crippen LogP contribution in [0.15, 0.2) is 37.0 Å². The molecule has 0 rings (SSSR count). The van der Waals surface area contributed by atoms with Gasteiger partial charge in [0.2, 0.25) is 0 Å². The summed E-state index contributed by atoms with van der Waals surface area (Å²) in [5.74, 6) is 0.563. The molecule has 0 amide bonds. The molecular weight excluding hydrogens is 132 g/mol. The van der Waals surface area contributed by atoms with Crippen molar-refractivity contribution in [3.05, 3.63) is 37.0 Å². The first-order valence-corrected chi connectivity index (χ1v) is 4.11. The van der Waals surface area contributed by atoms with Crippen LogP contribution in [0, 0.1) is 5.92 Å². The second-order valence-corrected chi connectivity index (χ2v) is 2.94. The molecule has 0 heterocycles. The Balaban J connectivity index is 3.60. The van der Waals surface area contributed by atoms with Crippen molar-refractivity contribution in [1.82, 2.24) is 0 Å². The van der Waals surface area contributed by atoms with Crippen molar-refractivity contribution in [1.29, 1.82) is 0 Å². The van der Waals surface area contributed by atoms with Crippen molar-refractivity contribution in [3.8, 4) is 0 Å². The van der Waals surface area contributed by atoms with Gasteiger partial charge in [0.15, 0.2) is 0 Å². The van der Waals surface area contributed by atoms with E-state index in [9.17, 15) is 0 Å². The maximum absolute atomic E-state index is 3.98. The zero-order valence-corrected chi connectivity index (χ0v) is 7.64. The predicted molar refractivity (Wildman–Crippen MR) is 52.5 cm³/mol. The summed E-state index contributed by atoms with van der Waals surface area (Å²) >= 11 is 0. The molecule has 1 unspecified atom stereocenters. The molecule has 0 spiro atoms. The van der Waals surface area contributed by atoms with Crippen LogP contribution in [0.2, 0.25) is 0 Å². The van der Waals surface area contributed by atoms with E-state index in [0.29, 0.717) is 5.92 Å². The van der Waals surface area contributed by atoms with Crippen LogP contribution >= 0.6 is 0 Å². The highest BCUT2D eigenvalue weighted by Gasteiger charge is 1.97. The third kappa shape index (κ3) is 5.65. The molecule has 0 N–H and O–H groups in total. The lowest BCUT2D eigenvalue weighted by atomic mass is 10.0. The van der Waals surface area contributed by atoms with Gasteiger partial charge in [-0.1, -0.05) is 37.3 Å². The van der Waals surface area contributed by atoms with Crippen LogP contribution < -0.4 is 0 Å². The van der Waals surface area contributed by atoms with Gasteiger partial charge in [-0.2, -0.15) is 0 Å². The molecule has 0 bridgehead atoms. The van der Waals surface area contributed by atoms with Crippen molar-refractivity contribution in [2.75, 3.05) is 0 Å². The van der Waals surface area contributed by atoms with Crippen molar-refractivity contribution in [2.24, 2.45) is 5.92 Å². The number of hydrogen-bond acceptors (Lipinski definition) is 0. The number of rotatable bonds is 5. The lowest BCUT2D eigenvalue weighted by Crippen LogP contribution is -1.90. The van der Waals surface area contributed by atoms with E-state index in [-0.39, 0.29) is 0 Å². The van der Waals surface area contributed by atoms with E-state index in [0.717, 1.165) is 12.8 Å². The number of allylic oxidation sites excluding steroid dienone is 4. The fourth-order valence-electron chi connectivity index (χ4n) is 0.907. The predicted octanol–water partition coefficient (Wildman–Crippen LogP) is 3.72. The fraction of sp³-hybridized carbons (Fsp3) is 0.455. The Bertz CT molecular complexity index is 151. The lowest BCUT2D eigenvalue weighted by molar-refractivity contribution is 0.710. The molecule has 62 valence electrons. The van der Waals surface area contributed by atoms with Crippen LogP contribution in [0.25, 0.3) is 0 Å². The summed E-state index contributed by atoms with van der Waals surface area (Å²) in [6.45, 7) is 11.9. The minimum absolute atomic E-state index is 0.563. The largest absolute Gasteiger partial charge is 0.103 e. The quantitative estimate of drug-likeness (QED) is 0.524. The average Bonchev–Trinajstić information content (AvgIpc) is 2.00. The Hall–Kier alpha value is -0.780. The Labute approximate surface area is 70.3 Å². The van der Waals surface area contributed by atoms with Gasteiger partial charge in [0, 0.05) is 0 Å². The standard InChI is InChI=1S/C11H18/c1-5-7-8-11(4)9-10(3)6-2/h5-7,10H,2,4,8-9H2,1,3H3/b7-5-. The minimum atomic E-state index is 0.563. The summed E-state index contributed by atoms with van der Waals surface area (Å²) < 4.78 is 0. The SMILES string of the molecule is C=CC(C)CC(=C)C/C=C\C. The summed E-state index contributed by atoms with van der Waals surface area (Å²) in [6, 6.07) is 0. The van der Waals surface area contributed by atoms with E-state index >= 15 is 0 Å². The summed E-state index contributed by atoms with van der Waals surface area (Å²) in [7, 11) is 0. The van der Waals surface area contributed by atoms with Gasteiger partial charge in [0.05, 0.1) is 0 Å². The second-order valence-electron chi connectivity index (χ2n) is 2.94.